The quantitative estimate of drug-likeness (QED) is 0.0535. The number of aliphatic carboxylic acids is 3. The second-order valence-electron chi connectivity index (χ2n) is 12.1. The molecule has 1 fully saturated rings. The monoisotopic (exact) mass is 931 g/mol. The summed E-state index contributed by atoms with van der Waals surface area (Å²) in [6.45, 7) is -0.260. The van der Waals surface area contributed by atoms with Crippen molar-refractivity contribution in [3.63, 3.8) is 0 Å². The van der Waals surface area contributed by atoms with Gasteiger partial charge >= 0.3 is 42.2 Å². The number of benzene rings is 3. The van der Waals surface area contributed by atoms with Crippen LogP contribution < -0.4 is 10.6 Å². The Hall–Kier alpha value is -7.61. The first kappa shape index (κ1) is 54.4. The van der Waals surface area contributed by atoms with E-state index in [1.54, 1.807) is 0 Å². The lowest BCUT2D eigenvalue weighted by molar-refractivity contribution is -0.144. The van der Waals surface area contributed by atoms with Gasteiger partial charge in [0.05, 0.1) is 46.2 Å². The molecule has 5 N–H and O–H groups in total. The number of halogens is 9. The van der Waals surface area contributed by atoms with E-state index in [-0.39, 0.29) is 24.8 Å². The van der Waals surface area contributed by atoms with E-state index in [9.17, 15) is 77.9 Å². The molecule has 0 aromatic heterocycles. The van der Waals surface area contributed by atoms with E-state index in [4.69, 9.17) is 15.3 Å². The van der Waals surface area contributed by atoms with Gasteiger partial charge in [0, 0.05) is 24.2 Å². The van der Waals surface area contributed by atoms with Crippen molar-refractivity contribution in [2.75, 3.05) is 28.1 Å². The number of ether oxygens (including phenoxy) is 4. The Labute approximate surface area is 353 Å². The third-order valence-electron chi connectivity index (χ3n) is 7.59. The minimum Gasteiger partial charge on any atom is -0.481 e. The average Bonchev–Trinajstić information content (AvgIpc) is 3.57. The van der Waals surface area contributed by atoms with Crippen molar-refractivity contribution in [1.29, 1.82) is 0 Å². The molecule has 0 spiro atoms. The molecule has 27 heteroatoms. The molecule has 0 aliphatic carbocycles. The molecule has 1 aliphatic rings. The van der Waals surface area contributed by atoms with E-state index in [0.29, 0.717) is 24.3 Å². The van der Waals surface area contributed by atoms with Crippen LogP contribution in [0.3, 0.4) is 0 Å². The van der Waals surface area contributed by atoms with Gasteiger partial charge in [0.25, 0.3) is 0 Å². The van der Waals surface area contributed by atoms with Crippen LogP contribution in [0, 0.1) is 52.4 Å². The van der Waals surface area contributed by atoms with Crippen LogP contribution in [-0.4, -0.2) is 114 Å². The van der Waals surface area contributed by atoms with Crippen molar-refractivity contribution in [1.82, 2.24) is 15.5 Å². The van der Waals surface area contributed by atoms with Crippen molar-refractivity contribution in [2.24, 2.45) is 0 Å². The number of rotatable bonds is 12. The fourth-order valence-electron chi connectivity index (χ4n) is 4.65. The topological polar surface area (TPSA) is 261 Å². The Morgan fingerprint density at radius 2 is 1.17 bits per heavy atom. The van der Waals surface area contributed by atoms with E-state index < -0.39 is 143 Å². The molecule has 0 saturated carbocycles. The maximum Gasteiger partial charge on any atom is 0.412 e. The highest BCUT2D eigenvalue weighted by Gasteiger charge is 2.40. The van der Waals surface area contributed by atoms with E-state index in [2.05, 4.69) is 24.3 Å². The third-order valence-corrected chi connectivity index (χ3v) is 7.59. The zero-order valence-corrected chi connectivity index (χ0v) is 32.9. The number of Topliss-reactive ketones (excluding diaryl/α,β-unsaturated/α-hetero) is 1. The van der Waals surface area contributed by atoms with E-state index in [1.165, 1.54) is 0 Å². The zero-order chi connectivity index (χ0) is 49.0. The predicted molar refractivity (Wildman–Crippen MR) is 191 cm³/mol. The molecule has 0 radical (unpaired) electrons. The summed E-state index contributed by atoms with van der Waals surface area (Å²) in [6, 6.07) is -0.259. The van der Waals surface area contributed by atoms with E-state index >= 15 is 0 Å². The number of carboxylic acids is 3. The first-order chi connectivity index (χ1) is 29.8. The lowest BCUT2D eigenvalue weighted by Crippen LogP contribution is -2.42. The van der Waals surface area contributed by atoms with Gasteiger partial charge in [-0.25, -0.2) is 58.7 Å². The highest BCUT2D eigenvalue weighted by molar-refractivity contribution is 6.03. The van der Waals surface area contributed by atoms with Crippen LogP contribution in [0.4, 0.5) is 53.9 Å². The molecule has 0 bridgehead atoms. The molecule has 1 aliphatic heterocycles. The number of nitrogens with zero attached hydrogens (tertiary/aromatic N) is 1. The normalized spacial score (nSPS) is 13.3. The Morgan fingerprint density at radius 1 is 0.656 bits per heavy atom. The van der Waals surface area contributed by atoms with Crippen molar-refractivity contribution < 1.29 is 112 Å². The molecule has 64 heavy (non-hydrogen) atoms. The first-order valence-corrected chi connectivity index (χ1v) is 17.1. The molecule has 350 valence electrons. The summed E-state index contributed by atoms with van der Waals surface area (Å²) in [5.41, 5.74) is -1.12. The van der Waals surface area contributed by atoms with Gasteiger partial charge in [-0.1, -0.05) is 0 Å². The number of cyclic esters (lactones) is 1. The maximum absolute atomic E-state index is 13.5. The summed E-state index contributed by atoms with van der Waals surface area (Å²) >= 11 is 0. The molecular formula is C37H34F9N3O15. The van der Waals surface area contributed by atoms with Crippen LogP contribution in [0.5, 0.6) is 0 Å². The predicted octanol–water partition coefficient (Wildman–Crippen LogP) is 4.85. The van der Waals surface area contributed by atoms with Gasteiger partial charge in [-0.2, -0.15) is 0 Å². The van der Waals surface area contributed by atoms with Crippen molar-refractivity contribution in [3.05, 3.63) is 106 Å². The minimum atomic E-state index is -1.69. The molecule has 4 rings (SSSR count). The van der Waals surface area contributed by atoms with E-state index in [1.807, 2.05) is 5.32 Å². The van der Waals surface area contributed by atoms with Crippen LogP contribution in [0.15, 0.2) is 42.5 Å². The van der Waals surface area contributed by atoms with Gasteiger partial charge in [0.2, 0.25) is 0 Å². The van der Waals surface area contributed by atoms with Gasteiger partial charge in [0.15, 0.2) is 47.4 Å². The molecule has 1 heterocycles. The van der Waals surface area contributed by atoms with Gasteiger partial charge in [-0.15, -0.1) is 0 Å². The SMILES string of the molecule is COC(=O)N1COC(=O)[C@@H]1CC(=O)O.COC(=O)N[C@@H](CC(=O)O)C(=O)c1cc(F)c(F)cc1F.COC(=O)N[C@@H](CC(=O)O)Cc1cc(F)c(F)cc1F.Fc1ccc(F)c(F)c1. The second-order valence-corrected chi connectivity index (χ2v) is 12.1. The largest absolute Gasteiger partial charge is 0.481 e. The van der Waals surface area contributed by atoms with Gasteiger partial charge < -0.3 is 44.9 Å². The Balaban J connectivity index is 0.000000444. The number of carboxylic acid groups (broad SMARTS) is 3. The zero-order valence-electron chi connectivity index (χ0n) is 32.9. The average molecular weight is 932 g/mol. The lowest BCUT2D eigenvalue weighted by Gasteiger charge is -2.16. The Morgan fingerprint density at radius 3 is 1.67 bits per heavy atom. The van der Waals surface area contributed by atoms with Crippen LogP contribution in [0.25, 0.3) is 0 Å². The number of amides is 3. The molecule has 3 aromatic rings. The standard InChI is InChI=1S/C12H10F3NO5.C12H12F3NO4.C7H9NO6.C6H3F3/c1-21-12(20)16-9(4-10(17)18)11(19)5-2-7(14)8(15)3-6(5)13;1-20-12(19)16-7(4-11(17)18)2-6-3-9(14)10(15)5-8(6)13;1-13-7(12)8-3-14-6(11)4(8)2-5(9)10;7-4-1-2-5(8)6(9)3-4/h2-3,9H,4H2,1H3,(H,16,20)(H,17,18);3,5,7H,2,4H2,1H3,(H,16,19)(H,17,18);4H,2-3H2,1H3,(H,9,10);1-3H/t9-;7-;4-;/m010./s1. The summed E-state index contributed by atoms with van der Waals surface area (Å²) < 4.78 is 132. The number of carbonyl (C=O) groups is 8. The summed E-state index contributed by atoms with van der Waals surface area (Å²) in [6.07, 6.45) is -5.00. The molecule has 3 aromatic carbocycles. The van der Waals surface area contributed by atoms with Crippen molar-refractivity contribution in [3.8, 4) is 0 Å². The smallest absolute Gasteiger partial charge is 0.412 e. The number of alkyl carbamates (subject to hydrolysis) is 2. The Kier molecular flexibility index (Phi) is 22.1. The Bertz CT molecular complexity index is 2200. The molecule has 0 unspecified atom stereocenters. The molecule has 3 amide bonds. The maximum atomic E-state index is 13.5. The summed E-state index contributed by atoms with van der Waals surface area (Å²) in [5.74, 6) is -16.8. The molecule has 3 atom stereocenters. The second kappa shape index (κ2) is 26.0. The first-order valence-electron chi connectivity index (χ1n) is 17.1. The lowest BCUT2D eigenvalue weighted by atomic mass is 10.0. The van der Waals surface area contributed by atoms with Gasteiger partial charge in [0.1, 0.15) is 29.5 Å². The minimum absolute atomic E-state index is 0.151. The van der Waals surface area contributed by atoms with Crippen LogP contribution in [0.2, 0.25) is 0 Å². The van der Waals surface area contributed by atoms with Gasteiger partial charge in [-0.05, 0) is 36.2 Å². The van der Waals surface area contributed by atoms with Crippen LogP contribution in [-0.2, 0) is 44.5 Å². The van der Waals surface area contributed by atoms with Crippen molar-refractivity contribution in [2.45, 2.75) is 43.8 Å². The van der Waals surface area contributed by atoms with Crippen LogP contribution in [0.1, 0.15) is 35.2 Å². The van der Waals surface area contributed by atoms with Crippen LogP contribution >= 0.6 is 0 Å². The van der Waals surface area contributed by atoms with Gasteiger partial charge in [-0.3, -0.25) is 24.1 Å². The number of ketones is 1. The number of carbonyl (C=O) groups excluding carboxylic acids is 5. The molecule has 18 nitrogen and oxygen atoms in total. The number of methoxy groups -OCH3 is 3. The van der Waals surface area contributed by atoms with Crippen molar-refractivity contribution >= 4 is 47.9 Å². The summed E-state index contributed by atoms with van der Waals surface area (Å²) in [4.78, 5) is 88.7. The fraction of sp³-hybridized carbons (Fsp3) is 0.297. The highest BCUT2D eigenvalue weighted by atomic mass is 19.2. The summed E-state index contributed by atoms with van der Waals surface area (Å²) in [7, 11) is 3.18. The number of esters is 1. The number of nitrogens with one attached hydrogen (secondary N) is 2. The molecular weight excluding hydrogens is 897 g/mol. The summed E-state index contributed by atoms with van der Waals surface area (Å²) in [5, 5.41) is 29.9. The molecule has 1 saturated heterocycles. The van der Waals surface area contributed by atoms with E-state index in [0.717, 1.165) is 38.4 Å². The highest BCUT2D eigenvalue weighted by Crippen LogP contribution is 2.19. The fourth-order valence-corrected chi connectivity index (χ4v) is 4.65. The number of hydrogen-bond donors (Lipinski definition) is 5. The third kappa shape index (κ3) is 18.2. The number of hydrogen-bond acceptors (Lipinski definition) is 12.